The number of carbonyl (C=O) groups is 1. The molecule has 0 N–H and O–H groups in total. The minimum atomic E-state index is -1.28. The summed E-state index contributed by atoms with van der Waals surface area (Å²) in [5, 5.41) is 14.4. The number of carbonyl (C=O) groups excluding carboxylic acids is 1. The van der Waals surface area contributed by atoms with Gasteiger partial charge in [-0.25, -0.2) is 9.50 Å². The van der Waals surface area contributed by atoms with Crippen LogP contribution in [0.1, 0.15) is 21.9 Å². The first-order valence-electron chi connectivity index (χ1n) is 4.13. The molecule has 0 aliphatic carbocycles. The van der Waals surface area contributed by atoms with Crippen molar-refractivity contribution >= 4 is 11.6 Å². The van der Waals surface area contributed by atoms with E-state index in [0.717, 1.165) is 11.4 Å². The first-order valence-corrected chi connectivity index (χ1v) is 4.13. The molecule has 0 aliphatic rings. The number of rotatable bonds is 1. The van der Waals surface area contributed by atoms with Gasteiger partial charge >= 0.3 is 0 Å². The third-order valence-electron chi connectivity index (χ3n) is 1.94. The minimum absolute atomic E-state index is 0.0915. The number of aromatic nitrogens is 3. The van der Waals surface area contributed by atoms with Crippen LogP contribution < -0.4 is 5.11 Å². The topological polar surface area (TPSA) is 70.3 Å². The minimum Gasteiger partial charge on any atom is -0.543 e. The Labute approximate surface area is 80.0 Å². The van der Waals surface area contributed by atoms with Crippen LogP contribution in [0, 0.1) is 13.8 Å². The van der Waals surface area contributed by atoms with Crippen molar-refractivity contribution in [3.63, 3.8) is 0 Å². The summed E-state index contributed by atoms with van der Waals surface area (Å²) in [6.07, 6.45) is 0. The predicted molar refractivity (Wildman–Crippen MR) is 46.8 cm³/mol. The van der Waals surface area contributed by atoms with Crippen LogP contribution in [0.2, 0.25) is 0 Å². The first-order chi connectivity index (χ1) is 6.58. The summed E-state index contributed by atoms with van der Waals surface area (Å²) >= 11 is 0. The Kier molecular flexibility index (Phi) is 1.73. The van der Waals surface area contributed by atoms with Crippen molar-refractivity contribution < 1.29 is 9.90 Å². The van der Waals surface area contributed by atoms with E-state index in [1.165, 1.54) is 10.6 Å². The number of carboxylic acid groups (broad SMARTS) is 1. The van der Waals surface area contributed by atoms with Gasteiger partial charge < -0.3 is 9.90 Å². The van der Waals surface area contributed by atoms with Crippen molar-refractivity contribution in [2.24, 2.45) is 0 Å². The van der Waals surface area contributed by atoms with Gasteiger partial charge in [0.15, 0.2) is 5.65 Å². The molecule has 2 aromatic heterocycles. The van der Waals surface area contributed by atoms with Gasteiger partial charge in [0.1, 0.15) is 5.69 Å². The zero-order valence-corrected chi connectivity index (χ0v) is 7.81. The Balaban J connectivity index is 2.76. The third-order valence-corrected chi connectivity index (χ3v) is 1.94. The van der Waals surface area contributed by atoms with E-state index in [1.807, 2.05) is 19.9 Å². The lowest BCUT2D eigenvalue weighted by Crippen LogP contribution is -2.22. The molecule has 0 spiro atoms. The highest BCUT2D eigenvalue weighted by molar-refractivity contribution is 5.84. The molecule has 0 fully saturated rings. The Hall–Kier alpha value is -1.91. The molecule has 14 heavy (non-hydrogen) atoms. The summed E-state index contributed by atoms with van der Waals surface area (Å²) in [6, 6.07) is 3.23. The number of hydrogen-bond acceptors (Lipinski definition) is 4. The van der Waals surface area contributed by atoms with Crippen molar-refractivity contribution in [3.05, 3.63) is 29.2 Å². The lowest BCUT2D eigenvalue weighted by atomic mass is 10.3. The van der Waals surface area contributed by atoms with Crippen LogP contribution in [0.5, 0.6) is 0 Å². The van der Waals surface area contributed by atoms with Gasteiger partial charge in [0.25, 0.3) is 0 Å². The van der Waals surface area contributed by atoms with Crippen LogP contribution >= 0.6 is 0 Å². The molecule has 2 aromatic rings. The van der Waals surface area contributed by atoms with Gasteiger partial charge in [-0.05, 0) is 19.9 Å². The molecule has 0 saturated heterocycles. The van der Waals surface area contributed by atoms with Gasteiger partial charge in [-0.1, -0.05) is 0 Å². The van der Waals surface area contributed by atoms with E-state index in [1.54, 1.807) is 0 Å². The van der Waals surface area contributed by atoms with Crippen LogP contribution in [0.25, 0.3) is 5.65 Å². The van der Waals surface area contributed by atoms with E-state index < -0.39 is 5.97 Å². The highest BCUT2D eigenvalue weighted by Gasteiger charge is 2.05. The maximum atomic E-state index is 10.6. The number of nitrogens with zero attached hydrogens (tertiary/aromatic N) is 3. The number of carboxylic acids is 1. The lowest BCUT2D eigenvalue weighted by Gasteiger charge is -1.99. The highest BCUT2D eigenvalue weighted by atomic mass is 16.4. The third kappa shape index (κ3) is 1.22. The van der Waals surface area contributed by atoms with Crippen molar-refractivity contribution in [1.29, 1.82) is 0 Å². The Morgan fingerprint density at radius 1 is 1.43 bits per heavy atom. The van der Waals surface area contributed by atoms with E-state index >= 15 is 0 Å². The number of hydrogen-bond donors (Lipinski definition) is 0. The largest absolute Gasteiger partial charge is 0.543 e. The second-order valence-corrected chi connectivity index (χ2v) is 3.13. The SMILES string of the molecule is Cc1cc(C)n2nc(C(=O)[O-])cc2n1. The zero-order valence-electron chi connectivity index (χ0n) is 7.81. The summed E-state index contributed by atoms with van der Waals surface area (Å²) in [5.41, 5.74) is 2.12. The van der Waals surface area contributed by atoms with E-state index in [9.17, 15) is 9.90 Å². The zero-order chi connectivity index (χ0) is 10.3. The molecule has 5 nitrogen and oxygen atoms in total. The van der Waals surface area contributed by atoms with Crippen LogP contribution in [0.4, 0.5) is 0 Å². The molecule has 5 heteroatoms. The van der Waals surface area contributed by atoms with Crippen LogP contribution in [0.3, 0.4) is 0 Å². The van der Waals surface area contributed by atoms with Gasteiger partial charge in [-0.2, -0.15) is 5.10 Å². The van der Waals surface area contributed by atoms with E-state index in [4.69, 9.17) is 0 Å². The van der Waals surface area contributed by atoms with Crippen molar-refractivity contribution in [3.8, 4) is 0 Å². The summed E-state index contributed by atoms with van der Waals surface area (Å²) < 4.78 is 1.48. The summed E-state index contributed by atoms with van der Waals surface area (Å²) in [5.74, 6) is -1.28. The summed E-state index contributed by atoms with van der Waals surface area (Å²) in [6.45, 7) is 3.69. The molecule has 0 aliphatic heterocycles. The molecule has 2 heterocycles. The Morgan fingerprint density at radius 3 is 2.79 bits per heavy atom. The molecule has 0 aromatic carbocycles. The van der Waals surface area contributed by atoms with Crippen molar-refractivity contribution in [2.75, 3.05) is 0 Å². The quantitative estimate of drug-likeness (QED) is 0.619. The van der Waals surface area contributed by atoms with Crippen LogP contribution in [0.15, 0.2) is 12.1 Å². The smallest absolute Gasteiger partial charge is 0.156 e. The molecule has 0 amide bonds. The van der Waals surface area contributed by atoms with E-state index in [2.05, 4.69) is 10.1 Å². The summed E-state index contributed by atoms with van der Waals surface area (Å²) in [7, 11) is 0. The summed E-state index contributed by atoms with van der Waals surface area (Å²) in [4.78, 5) is 14.7. The number of fused-ring (bicyclic) bond motifs is 1. The second-order valence-electron chi connectivity index (χ2n) is 3.13. The van der Waals surface area contributed by atoms with Gasteiger partial charge in [-0.3, -0.25) is 0 Å². The van der Waals surface area contributed by atoms with E-state index in [-0.39, 0.29) is 5.69 Å². The van der Waals surface area contributed by atoms with Crippen molar-refractivity contribution in [2.45, 2.75) is 13.8 Å². The number of aromatic carboxylic acids is 1. The monoisotopic (exact) mass is 190 g/mol. The standard InChI is InChI=1S/C9H9N3O2/c1-5-3-6(2)12-8(10-5)4-7(11-12)9(13)14/h3-4H,1-2H3,(H,13,14)/p-1. The molecule has 0 saturated carbocycles. The fraction of sp³-hybridized carbons (Fsp3) is 0.222. The fourth-order valence-electron chi connectivity index (χ4n) is 1.39. The predicted octanol–water partition coefficient (Wildman–Crippen LogP) is -0.290. The molecule has 72 valence electrons. The molecular formula is C9H8N3O2-. The molecule has 2 rings (SSSR count). The maximum absolute atomic E-state index is 10.6. The van der Waals surface area contributed by atoms with Gasteiger partial charge in [0.05, 0.1) is 5.97 Å². The normalized spacial score (nSPS) is 10.7. The van der Waals surface area contributed by atoms with Crippen LogP contribution in [-0.2, 0) is 0 Å². The average Bonchev–Trinajstić information content (AvgIpc) is 2.47. The molecule has 0 radical (unpaired) electrons. The molecular weight excluding hydrogens is 182 g/mol. The second kappa shape index (κ2) is 2.80. The van der Waals surface area contributed by atoms with Crippen LogP contribution in [-0.4, -0.2) is 20.6 Å². The van der Waals surface area contributed by atoms with Crippen molar-refractivity contribution in [1.82, 2.24) is 14.6 Å². The van der Waals surface area contributed by atoms with Gasteiger partial charge in [0.2, 0.25) is 0 Å². The first kappa shape index (κ1) is 8.68. The Bertz CT molecular complexity index is 516. The molecule has 0 unspecified atom stereocenters. The lowest BCUT2D eigenvalue weighted by molar-refractivity contribution is -0.255. The van der Waals surface area contributed by atoms with E-state index in [0.29, 0.717) is 5.65 Å². The average molecular weight is 190 g/mol. The van der Waals surface area contributed by atoms with Gasteiger partial charge in [-0.15, -0.1) is 0 Å². The molecule has 0 bridgehead atoms. The fourth-order valence-corrected chi connectivity index (χ4v) is 1.39. The highest BCUT2D eigenvalue weighted by Crippen LogP contribution is 2.08. The maximum Gasteiger partial charge on any atom is 0.156 e. The molecule has 0 atom stereocenters. The van der Waals surface area contributed by atoms with Gasteiger partial charge in [0, 0.05) is 17.5 Å². The Morgan fingerprint density at radius 2 is 2.14 bits per heavy atom. The number of aryl methyl sites for hydroxylation is 2.